The summed E-state index contributed by atoms with van der Waals surface area (Å²) in [5, 5.41) is 10.2. The largest absolute Gasteiger partial charge is 0.347 e. The van der Waals surface area contributed by atoms with Gasteiger partial charge in [-0.3, -0.25) is 4.79 Å². The second-order valence-electron chi connectivity index (χ2n) is 5.79. The van der Waals surface area contributed by atoms with Crippen molar-refractivity contribution < 1.29 is 4.79 Å². The van der Waals surface area contributed by atoms with Gasteiger partial charge in [0.05, 0.1) is 0 Å². The molecule has 1 amide bonds. The van der Waals surface area contributed by atoms with Crippen molar-refractivity contribution in [2.75, 3.05) is 5.32 Å². The number of carbonyl (C=O) groups is 1. The Morgan fingerprint density at radius 1 is 1.35 bits per heavy atom. The number of hydrogen-bond acceptors (Lipinski definition) is 2. The average Bonchev–Trinajstić information content (AvgIpc) is 3.36. The topological polar surface area (TPSA) is 68.7 Å². The van der Waals surface area contributed by atoms with Gasteiger partial charge in [-0.1, -0.05) is 31.2 Å². The first-order valence-electron chi connectivity index (χ1n) is 8.02. The van der Waals surface area contributed by atoms with Crippen molar-refractivity contribution >= 4 is 24.0 Å². The van der Waals surface area contributed by atoms with E-state index in [1.165, 1.54) is 11.8 Å². The molecule has 0 aliphatic heterocycles. The Morgan fingerprint density at radius 2 is 2.13 bits per heavy atom. The van der Waals surface area contributed by atoms with Crippen LogP contribution in [0.5, 0.6) is 0 Å². The molecular weight excluding hydrogens is 286 g/mol. The van der Waals surface area contributed by atoms with E-state index >= 15 is 0 Å². The normalized spacial score (nSPS) is 14.1. The van der Waals surface area contributed by atoms with Crippen LogP contribution >= 0.6 is 0 Å². The summed E-state index contributed by atoms with van der Waals surface area (Å²) in [6.45, 7) is 2.13. The first-order valence-corrected chi connectivity index (χ1v) is 8.02. The quantitative estimate of drug-likeness (QED) is 0.686. The fourth-order valence-electron chi connectivity index (χ4n) is 2.74. The van der Waals surface area contributed by atoms with Crippen LogP contribution in [0.4, 0.5) is 5.82 Å². The van der Waals surface area contributed by atoms with Gasteiger partial charge in [0.2, 0.25) is 5.91 Å². The maximum atomic E-state index is 12.1. The summed E-state index contributed by atoms with van der Waals surface area (Å²) in [6, 6.07) is 8.27. The van der Waals surface area contributed by atoms with Crippen molar-refractivity contribution in [1.29, 1.82) is 5.41 Å². The van der Waals surface area contributed by atoms with Crippen molar-refractivity contribution in [2.45, 2.75) is 26.2 Å². The standard InChI is InChI=1S/C19H21N3O/c1-2-13-6-3-4-7-15(13)17-12-21-18(16(17)8-5-11-20)22-19(23)14-9-10-14/h3-8,11-12,14,20-21H,2,9-10H2,1H3,(H,22,23)/b8-5-,20-11?. The number of H-pyrrole nitrogens is 1. The van der Waals surface area contributed by atoms with E-state index < -0.39 is 0 Å². The molecule has 118 valence electrons. The van der Waals surface area contributed by atoms with Crippen LogP contribution in [0, 0.1) is 11.3 Å². The van der Waals surface area contributed by atoms with Crippen molar-refractivity contribution in [3.8, 4) is 11.1 Å². The van der Waals surface area contributed by atoms with E-state index in [1.54, 1.807) is 6.08 Å². The molecule has 0 atom stereocenters. The summed E-state index contributed by atoms with van der Waals surface area (Å²) in [5.74, 6) is 0.942. The Balaban J connectivity index is 2.02. The minimum Gasteiger partial charge on any atom is -0.347 e. The predicted molar refractivity (Wildman–Crippen MR) is 94.8 cm³/mol. The minimum atomic E-state index is 0.0756. The predicted octanol–water partition coefficient (Wildman–Crippen LogP) is 4.26. The molecule has 0 spiro atoms. The van der Waals surface area contributed by atoms with E-state index in [9.17, 15) is 4.79 Å². The second-order valence-corrected chi connectivity index (χ2v) is 5.79. The molecule has 4 heteroatoms. The first kappa shape index (κ1) is 15.3. The number of anilines is 1. The zero-order valence-corrected chi connectivity index (χ0v) is 13.2. The molecule has 0 unspecified atom stereocenters. The smallest absolute Gasteiger partial charge is 0.228 e. The molecule has 3 rings (SSSR count). The highest BCUT2D eigenvalue weighted by molar-refractivity contribution is 5.98. The van der Waals surface area contributed by atoms with E-state index in [2.05, 4.69) is 29.4 Å². The first-order chi connectivity index (χ1) is 11.2. The number of benzene rings is 1. The lowest BCUT2D eigenvalue weighted by Gasteiger charge is -2.09. The Labute approximate surface area is 136 Å². The van der Waals surface area contributed by atoms with Gasteiger partial charge in [-0.25, -0.2) is 0 Å². The molecule has 1 fully saturated rings. The SMILES string of the molecule is CCc1ccccc1-c1c[nH]c(NC(=O)C2CC2)c1/C=C\C=N. The molecule has 1 aromatic carbocycles. The monoisotopic (exact) mass is 307 g/mol. The van der Waals surface area contributed by atoms with Crippen LogP contribution in [0.15, 0.2) is 36.5 Å². The van der Waals surface area contributed by atoms with Crippen LogP contribution in [-0.4, -0.2) is 17.1 Å². The number of hydrogen-bond donors (Lipinski definition) is 3. The highest BCUT2D eigenvalue weighted by Gasteiger charge is 2.30. The number of rotatable bonds is 6. The fourth-order valence-corrected chi connectivity index (χ4v) is 2.74. The van der Waals surface area contributed by atoms with Crippen molar-refractivity contribution in [2.24, 2.45) is 5.92 Å². The highest BCUT2D eigenvalue weighted by Crippen LogP contribution is 2.35. The maximum Gasteiger partial charge on any atom is 0.228 e. The van der Waals surface area contributed by atoms with Gasteiger partial charge in [-0.15, -0.1) is 0 Å². The van der Waals surface area contributed by atoms with Crippen LogP contribution < -0.4 is 5.32 Å². The molecule has 1 saturated carbocycles. The third-order valence-electron chi connectivity index (χ3n) is 4.16. The van der Waals surface area contributed by atoms with E-state index in [1.807, 2.05) is 24.4 Å². The zero-order valence-electron chi connectivity index (χ0n) is 13.2. The molecule has 1 aliphatic rings. The molecular formula is C19H21N3O. The van der Waals surface area contributed by atoms with E-state index in [0.29, 0.717) is 5.82 Å². The minimum absolute atomic E-state index is 0.0756. The number of aromatic nitrogens is 1. The van der Waals surface area contributed by atoms with E-state index in [0.717, 1.165) is 36.0 Å². The Hall–Kier alpha value is -2.62. The summed E-state index contributed by atoms with van der Waals surface area (Å²) in [6.07, 6.45) is 9.61. The zero-order chi connectivity index (χ0) is 16.2. The third-order valence-corrected chi connectivity index (χ3v) is 4.16. The summed E-state index contributed by atoms with van der Waals surface area (Å²) >= 11 is 0. The molecule has 2 aromatic rings. The Morgan fingerprint density at radius 3 is 2.83 bits per heavy atom. The van der Waals surface area contributed by atoms with Crippen LogP contribution in [0.2, 0.25) is 0 Å². The summed E-state index contributed by atoms with van der Waals surface area (Å²) < 4.78 is 0. The van der Waals surface area contributed by atoms with Gasteiger partial charge >= 0.3 is 0 Å². The van der Waals surface area contributed by atoms with Crippen molar-refractivity contribution in [1.82, 2.24) is 4.98 Å². The second kappa shape index (κ2) is 6.65. The van der Waals surface area contributed by atoms with Crippen molar-refractivity contribution in [3.05, 3.63) is 47.7 Å². The van der Waals surface area contributed by atoms with Gasteiger partial charge < -0.3 is 15.7 Å². The molecule has 0 saturated heterocycles. The number of amides is 1. The molecule has 1 aromatic heterocycles. The molecule has 0 radical (unpaired) electrons. The summed E-state index contributed by atoms with van der Waals surface area (Å²) in [5.41, 5.74) is 4.38. The molecule has 1 heterocycles. The molecule has 0 bridgehead atoms. The summed E-state index contributed by atoms with van der Waals surface area (Å²) in [4.78, 5) is 15.3. The number of aryl methyl sites for hydroxylation is 1. The van der Waals surface area contributed by atoms with Crippen LogP contribution in [-0.2, 0) is 11.2 Å². The summed E-state index contributed by atoms with van der Waals surface area (Å²) in [7, 11) is 0. The van der Waals surface area contributed by atoms with Gasteiger partial charge in [0.15, 0.2) is 0 Å². The van der Waals surface area contributed by atoms with Crippen molar-refractivity contribution in [3.63, 3.8) is 0 Å². The fraction of sp³-hybridized carbons (Fsp3) is 0.263. The lowest BCUT2D eigenvalue weighted by Crippen LogP contribution is -2.14. The van der Waals surface area contributed by atoms with Gasteiger partial charge in [-0.05, 0) is 42.5 Å². The third kappa shape index (κ3) is 3.26. The lowest BCUT2D eigenvalue weighted by atomic mass is 9.97. The highest BCUT2D eigenvalue weighted by atomic mass is 16.2. The molecule has 1 aliphatic carbocycles. The van der Waals surface area contributed by atoms with Crippen LogP contribution in [0.3, 0.4) is 0 Å². The molecule has 3 N–H and O–H groups in total. The van der Waals surface area contributed by atoms with Crippen LogP contribution in [0.25, 0.3) is 17.2 Å². The Bertz CT molecular complexity index is 754. The number of aromatic amines is 1. The van der Waals surface area contributed by atoms with Gasteiger partial charge in [0, 0.05) is 29.5 Å². The van der Waals surface area contributed by atoms with E-state index in [-0.39, 0.29) is 11.8 Å². The van der Waals surface area contributed by atoms with E-state index in [4.69, 9.17) is 5.41 Å². The molecule has 4 nitrogen and oxygen atoms in total. The van der Waals surface area contributed by atoms with Crippen LogP contribution in [0.1, 0.15) is 30.9 Å². The van der Waals surface area contributed by atoms with Gasteiger partial charge in [-0.2, -0.15) is 0 Å². The number of nitrogens with one attached hydrogen (secondary N) is 3. The number of allylic oxidation sites excluding steroid dienone is 1. The maximum absolute atomic E-state index is 12.1. The Kier molecular flexibility index (Phi) is 4.42. The van der Waals surface area contributed by atoms with Gasteiger partial charge in [0.25, 0.3) is 0 Å². The molecule has 23 heavy (non-hydrogen) atoms. The average molecular weight is 307 g/mol. The van der Waals surface area contributed by atoms with Gasteiger partial charge in [0.1, 0.15) is 5.82 Å². The lowest BCUT2D eigenvalue weighted by molar-refractivity contribution is -0.117. The number of carbonyl (C=O) groups excluding carboxylic acids is 1.